The van der Waals surface area contributed by atoms with E-state index in [9.17, 15) is 31.1 Å². The quantitative estimate of drug-likeness (QED) is 0.584. The number of aryl methyl sites for hydroxylation is 2. The molecule has 0 aliphatic heterocycles. The van der Waals surface area contributed by atoms with E-state index in [1.807, 2.05) is 0 Å². The van der Waals surface area contributed by atoms with Crippen LogP contribution in [0.3, 0.4) is 0 Å². The van der Waals surface area contributed by atoms with Crippen molar-refractivity contribution in [2.24, 2.45) is 7.05 Å². The van der Waals surface area contributed by atoms with Crippen molar-refractivity contribution < 1.29 is 31.1 Å². The summed E-state index contributed by atoms with van der Waals surface area (Å²) in [6, 6.07) is 4.32. The summed E-state index contributed by atoms with van der Waals surface area (Å²) in [5, 5.41) is 6.06. The molecule has 0 bridgehead atoms. The van der Waals surface area contributed by atoms with Gasteiger partial charge in [-0.3, -0.25) is 19.4 Å². The molecule has 3 aromatic heterocycles. The van der Waals surface area contributed by atoms with Crippen molar-refractivity contribution in [3.05, 3.63) is 64.9 Å². The molecule has 1 amide bonds. The van der Waals surface area contributed by atoms with E-state index < -0.39 is 29.6 Å². The first-order valence-corrected chi connectivity index (χ1v) is 9.85. The lowest BCUT2D eigenvalue weighted by Crippen LogP contribution is -2.39. The predicted octanol–water partition coefficient (Wildman–Crippen LogP) is 4.20. The second-order valence-electron chi connectivity index (χ2n) is 7.72. The molecule has 1 atom stereocenters. The number of pyridine rings is 2. The second kappa shape index (κ2) is 8.16. The number of hydrogen-bond acceptors (Lipinski definition) is 4. The Labute approximate surface area is 183 Å². The van der Waals surface area contributed by atoms with Gasteiger partial charge in [-0.1, -0.05) is 0 Å². The average molecular weight is 469 g/mol. The third-order valence-electron chi connectivity index (χ3n) is 5.40. The zero-order chi connectivity index (χ0) is 24.0. The molecule has 1 N–H and O–H groups in total. The van der Waals surface area contributed by atoms with Crippen LogP contribution in [0.5, 0.6) is 0 Å². The lowest BCUT2D eigenvalue weighted by Gasteiger charge is -2.25. The van der Waals surface area contributed by atoms with Crippen molar-refractivity contribution >= 4 is 5.91 Å². The summed E-state index contributed by atoms with van der Waals surface area (Å²) in [7, 11) is 1.25. The number of rotatable bonds is 3. The summed E-state index contributed by atoms with van der Waals surface area (Å²) < 4.78 is 78.4. The molecule has 174 valence electrons. The van der Waals surface area contributed by atoms with Crippen LogP contribution in [0.15, 0.2) is 36.7 Å². The van der Waals surface area contributed by atoms with Crippen LogP contribution in [0.4, 0.5) is 26.3 Å². The summed E-state index contributed by atoms with van der Waals surface area (Å²) in [6.07, 6.45) is -5.15. The fourth-order valence-corrected chi connectivity index (χ4v) is 3.74. The molecule has 0 fully saturated rings. The van der Waals surface area contributed by atoms with Crippen LogP contribution < -0.4 is 5.32 Å². The topological polar surface area (TPSA) is 72.7 Å². The van der Waals surface area contributed by atoms with E-state index in [1.165, 1.54) is 13.1 Å². The fourth-order valence-electron chi connectivity index (χ4n) is 3.74. The molecule has 1 aliphatic carbocycles. The van der Waals surface area contributed by atoms with Crippen LogP contribution in [0.25, 0.3) is 11.3 Å². The zero-order valence-corrected chi connectivity index (χ0v) is 17.1. The van der Waals surface area contributed by atoms with Gasteiger partial charge in [-0.2, -0.15) is 31.4 Å². The Balaban J connectivity index is 1.52. The van der Waals surface area contributed by atoms with Gasteiger partial charge in [-0.15, -0.1) is 0 Å². The molecule has 0 radical (unpaired) electrons. The molecule has 3 aromatic rings. The minimum absolute atomic E-state index is 0.222. The Hall–Kier alpha value is -3.44. The van der Waals surface area contributed by atoms with E-state index in [4.69, 9.17) is 0 Å². The third kappa shape index (κ3) is 4.83. The van der Waals surface area contributed by atoms with Gasteiger partial charge in [0.1, 0.15) is 11.4 Å². The van der Waals surface area contributed by atoms with Crippen molar-refractivity contribution in [3.63, 3.8) is 0 Å². The molecule has 0 saturated heterocycles. The molecule has 4 rings (SSSR count). The van der Waals surface area contributed by atoms with Gasteiger partial charge in [0.25, 0.3) is 5.91 Å². The minimum atomic E-state index is -4.66. The van der Waals surface area contributed by atoms with E-state index >= 15 is 0 Å². The van der Waals surface area contributed by atoms with Crippen LogP contribution >= 0.6 is 0 Å². The van der Waals surface area contributed by atoms with Gasteiger partial charge in [0.15, 0.2) is 5.69 Å². The number of halogens is 6. The van der Waals surface area contributed by atoms with E-state index in [0.717, 1.165) is 28.1 Å². The van der Waals surface area contributed by atoms with Gasteiger partial charge >= 0.3 is 12.4 Å². The maximum atomic E-state index is 13.0. The highest BCUT2D eigenvalue weighted by Crippen LogP contribution is 2.32. The summed E-state index contributed by atoms with van der Waals surface area (Å²) in [5.74, 6) is -0.688. The predicted molar refractivity (Wildman–Crippen MR) is 104 cm³/mol. The van der Waals surface area contributed by atoms with Crippen molar-refractivity contribution in [2.75, 3.05) is 0 Å². The van der Waals surface area contributed by atoms with Gasteiger partial charge in [0.2, 0.25) is 0 Å². The van der Waals surface area contributed by atoms with E-state index in [0.29, 0.717) is 31.0 Å². The summed E-state index contributed by atoms with van der Waals surface area (Å²) in [6.45, 7) is 0. The maximum absolute atomic E-state index is 13.0. The molecule has 6 nitrogen and oxygen atoms in total. The third-order valence-corrected chi connectivity index (χ3v) is 5.40. The van der Waals surface area contributed by atoms with Crippen molar-refractivity contribution in [1.82, 2.24) is 25.1 Å². The van der Waals surface area contributed by atoms with Crippen molar-refractivity contribution in [1.29, 1.82) is 0 Å². The number of fused-ring (bicyclic) bond motifs is 1. The van der Waals surface area contributed by atoms with Gasteiger partial charge in [-0.25, -0.2) is 0 Å². The Morgan fingerprint density at radius 2 is 1.76 bits per heavy atom. The molecular weight excluding hydrogens is 452 g/mol. The number of hydrogen-bond donors (Lipinski definition) is 1. The smallest absolute Gasteiger partial charge is 0.348 e. The molecule has 0 aromatic carbocycles. The molecular formula is C21H17F6N5O. The van der Waals surface area contributed by atoms with Gasteiger partial charge in [0, 0.05) is 37.1 Å². The first-order valence-electron chi connectivity index (χ1n) is 9.85. The SMILES string of the molecule is Cn1nc(C(F)(F)F)cc1C(=O)NC1CCc2cnc(-c3ccnc(C(F)(F)F)c3)cc2C1. The minimum Gasteiger partial charge on any atom is -0.348 e. The van der Waals surface area contributed by atoms with Crippen molar-refractivity contribution in [2.45, 2.75) is 37.7 Å². The number of aromatic nitrogens is 4. The number of carbonyl (C=O) groups excluding carboxylic acids is 1. The highest BCUT2D eigenvalue weighted by Gasteiger charge is 2.36. The van der Waals surface area contributed by atoms with Crippen LogP contribution in [0, 0.1) is 0 Å². The molecule has 0 saturated carbocycles. The molecule has 33 heavy (non-hydrogen) atoms. The first kappa shape index (κ1) is 22.7. The monoisotopic (exact) mass is 469 g/mol. The molecule has 1 unspecified atom stereocenters. The van der Waals surface area contributed by atoms with Crippen LogP contribution in [-0.2, 0) is 32.2 Å². The number of alkyl halides is 6. The van der Waals surface area contributed by atoms with E-state index in [2.05, 4.69) is 20.4 Å². The van der Waals surface area contributed by atoms with E-state index in [1.54, 1.807) is 12.3 Å². The maximum Gasteiger partial charge on any atom is 0.435 e. The van der Waals surface area contributed by atoms with E-state index in [-0.39, 0.29) is 17.3 Å². The lowest BCUT2D eigenvalue weighted by atomic mass is 9.88. The normalized spacial score (nSPS) is 16.4. The molecule has 1 aliphatic rings. The number of nitrogens with one attached hydrogen (secondary N) is 1. The number of nitrogens with zero attached hydrogens (tertiary/aromatic N) is 4. The average Bonchev–Trinajstić information content (AvgIpc) is 3.15. The summed E-state index contributed by atoms with van der Waals surface area (Å²) in [4.78, 5) is 20.1. The highest BCUT2D eigenvalue weighted by atomic mass is 19.4. The van der Waals surface area contributed by atoms with Crippen LogP contribution in [0.1, 0.15) is 39.4 Å². The largest absolute Gasteiger partial charge is 0.435 e. The number of carbonyl (C=O) groups is 1. The Morgan fingerprint density at radius 1 is 1.03 bits per heavy atom. The van der Waals surface area contributed by atoms with Gasteiger partial charge in [0.05, 0.1) is 5.69 Å². The first-order chi connectivity index (χ1) is 15.4. The molecule has 3 heterocycles. The number of amides is 1. The van der Waals surface area contributed by atoms with Crippen LogP contribution in [0.2, 0.25) is 0 Å². The Bertz CT molecular complexity index is 1200. The summed E-state index contributed by atoms with van der Waals surface area (Å²) >= 11 is 0. The van der Waals surface area contributed by atoms with Crippen LogP contribution in [-0.4, -0.2) is 31.7 Å². The fraction of sp³-hybridized carbons (Fsp3) is 0.333. The highest BCUT2D eigenvalue weighted by molar-refractivity contribution is 5.93. The molecule has 12 heteroatoms. The molecule has 0 spiro atoms. The second-order valence-corrected chi connectivity index (χ2v) is 7.72. The van der Waals surface area contributed by atoms with Crippen molar-refractivity contribution in [3.8, 4) is 11.3 Å². The summed E-state index contributed by atoms with van der Waals surface area (Å²) in [5.41, 5.74) is -0.137. The standard InChI is InChI=1S/C21H17F6N5O/c1-32-16(9-18(31-32)21(25,26)27)19(33)30-14-3-2-12-10-29-15(7-13(12)6-14)11-4-5-28-17(8-11)20(22,23)24/h4-5,7-10,14H,2-3,6H2,1H3,(H,30,33). The van der Waals surface area contributed by atoms with Gasteiger partial charge in [-0.05, 0) is 48.6 Å². The van der Waals surface area contributed by atoms with Gasteiger partial charge < -0.3 is 5.32 Å². The lowest BCUT2D eigenvalue weighted by molar-refractivity contribution is -0.142. The Morgan fingerprint density at radius 3 is 2.42 bits per heavy atom. The Kier molecular flexibility index (Phi) is 5.62. The zero-order valence-electron chi connectivity index (χ0n) is 17.1.